The number of hydrogen-bond acceptors (Lipinski definition) is 8. The summed E-state index contributed by atoms with van der Waals surface area (Å²) >= 11 is 0. The van der Waals surface area contributed by atoms with E-state index in [1.807, 2.05) is 30.3 Å². The number of benzene rings is 1. The van der Waals surface area contributed by atoms with Gasteiger partial charge in [0.25, 0.3) is 0 Å². The van der Waals surface area contributed by atoms with Gasteiger partial charge >= 0.3 is 6.09 Å². The lowest BCUT2D eigenvalue weighted by Gasteiger charge is -2.07. The van der Waals surface area contributed by atoms with Gasteiger partial charge in [-0.25, -0.2) is 14.5 Å². The SMILES string of the molecule is COC(=O)Nc1cccc(CON=C(c2ccccc2)c2nnnn2C)n1. The minimum absolute atomic E-state index is 0.0955. The highest BCUT2D eigenvalue weighted by molar-refractivity contribution is 6.10. The molecule has 0 aliphatic rings. The Morgan fingerprint density at radius 2 is 2.00 bits per heavy atom. The number of carbonyl (C=O) groups is 1. The maximum absolute atomic E-state index is 11.3. The van der Waals surface area contributed by atoms with Crippen molar-refractivity contribution in [2.75, 3.05) is 12.4 Å². The van der Waals surface area contributed by atoms with Crippen LogP contribution in [-0.4, -0.2) is 44.1 Å². The van der Waals surface area contributed by atoms with Crippen molar-refractivity contribution < 1.29 is 14.4 Å². The van der Waals surface area contributed by atoms with Gasteiger partial charge in [0.2, 0.25) is 5.82 Å². The molecule has 0 atom stereocenters. The van der Waals surface area contributed by atoms with Crippen LogP contribution in [0.3, 0.4) is 0 Å². The molecule has 2 heterocycles. The summed E-state index contributed by atoms with van der Waals surface area (Å²) in [4.78, 5) is 21.0. The Morgan fingerprint density at radius 1 is 1.19 bits per heavy atom. The van der Waals surface area contributed by atoms with Crippen LogP contribution in [0, 0.1) is 0 Å². The zero-order valence-corrected chi connectivity index (χ0v) is 14.7. The third-order valence-corrected chi connectivity index (χ3v) is 3.47. The Balaban J connectivity index is 1.77. The highest BCUT2D eigenvalue weighted by atomic mass is 16.6. The normalized spacial score (nSPS) is 11.1. The van der Waals surface area contributed by atoms with E-state index in [-0.39, 0.29) is 6.61 Å². The predicted octanol–water partition coefficient (Wildman–Crippen LogP) is 1.75. The van der Waals surface area contributed by atoms with E-state index in [4.69, 9.17) is 4.84 Å². The summed E-state index contributed by atoms with van der Waals surface area (Å²) in [5.41, 5.74) is 1.88. The second-order valence-electron chi connectivity index (χ2n) is 5.34. The van der Waals surface area contributed by atoms with Crippen molar-refractivity contribution in [3.8, 4) is 0 Å². The Labute approximate surface area is 154 Å². The molecular formula is C17H17N7O3. The van der Waals surface area contributed by atoms with Gasteiger partial charge in [0.1, 0.15) is 5.82 Å². The molecule has 0 aliphatic heterocycles. The van der Waals surface area contributed by atoms with Gasteiger partial charge in [-0.15, -0.1) is 5.10 Å². The van der Waals surface area contributed by atoms with Gasteiger partial charge in [-0.3, -0.25) is 5.32 Å². The van der Waals surface area contributed by atoms with Crippen molar-refractivity contribution in [2.45, 2.75) is 6.61 Å². The monoisotopic (exact) mass is 367 g/mol. The van der Waals surface area contributed by atoms with Crippen LogP contribution >= 0.6 is 0 Å². The fourth-order valence-corrected chi connectivity index (χ4v) is 2.20. The Kier molecular flexibility index (Phi) is 5.67. The van der Waals surface area contributed by atoms with Gasteiger partial charge in [-0.1, -0.05) is 41.6 Å². The van der Waals surface area contributed by atoms with E-state index in [2.05, 4.69) is 35.7 Å². The van der Waals surface area contributed by atoms with Gasteiger partial charge < -0.3 is 9.57 Å². The molecule has 0 aliphatic carbocycles. The van der Waals surface area contributed by atoms with E-state index in [1.165, 1.54) is 11.8 Å². The van der Waals surface area contributed by atoms with Crippen LogP contribution in [0.4, 0.5) is 10.6 Å². The molecule has 1 N–H and O–H groups in total. The Hall–Kier alpha value is -3.82. The fourth-order valence-electron chi connectivity index (χ4n) is 2.20. The first kappa shape index (κ1) is 18.0. The van der Waals surface area contributed by atoms with E-state index >= 15 is 0 Å². The average Bonchev–Trinajstić information content (AvgIpc) is 3.12. The lowest BCUT2D eigenvalue weighted by Crippen LogP contribution is -2.13. The number of hydrogen-bond donors (Lipinski definition) is 1. The number of tetrazole rings is 1. The molecular weight excluding hydrogens is 350 g/mol. The maximum atomic E-state index is 11.3. The summed E-state index contributed by atoms with van der Waals surface area (Å²) in [6, 6.07) is 14.6. The van der Waals surface area contributed by atoms with Crippen molar-refractivity contribution in [3.63, 3.8) is 0 Å². The van der Waals surface area contributed by atoms with E-state index in [0.29, 0.717) is 23.0 Å². The predicted molar refractivity (Wildman–Crippen MR) is 95.9 cm³/mol. The summed E-state index contributed by atoms with van der Waals surface area (Å²) < 4.78 is 6.05. The minimum Gasteiger partial charge on any atom is -0.453 e. The molecule has 1 amide bonds. The largest absolute Gasteiger partial charge is 0.453 e. The highest BCUT2D eigenvalue weighted by Gasteiger charge is 2.14. The van der Waals surface area contributed by atoms with Gasteiger partial charge in [0.05, 0.1) is 12.8 Å². The summed E-state index contributed by atoms with van der Waals surface area (Å²) in [5.74, 6) is 0.822. The molecule has 0 saturated carbocycles. The van der Waals surface area contributed by atoms with Crippen molar-refractivity contribution in [2.24, 2.45) is 12.2 Å². The Morgan fingerprint density at radius 3 is 2.70 bits per heavy atom. The Bertz CT molecular complexity index is 940. The van der Waals surface area contributed by atoms with E-state index in [1.54, 1.807) is 25.2 Å². The number of anilines is 1. The zero-order valence-electron chi connectivity index (χ0n) is 14.7. The second kappa shape index (κ2) is 8.52. The number of methoxy groups -OCH3 is 1. The molecule has 0 fully saturated rings. The molecule has 3 aromatic rings. The molecule has 0 unspecified atom stereocenters. The number of nitrogens with zero attached hydrogens (tertiary/aromatic N) is 6. The third-order valence-electron chi connectivity index (χ3n) is 3.47. The van der Waals surface area contributed by atoms with Gasteiger partial charge in [-0.05, 0) is 22.6 Å². The van der Waals surface area contributed by atoms with Crippen molar-refractivity contribution in [1.29, 1.82) is 0 Å². The zero-order chi connectivity index (χ0) is 19.1. The summed E-state index contributed by atoms with van der Waals surface area (Å²) in [6.07, 6.45) is -0.597. The first-order valence-corrected chi connectivity index (χ1v) is 7.96. The number of oxime groups is 1. The molecule has 3 rings (SSSR count). The third kappa shape index (κ3) is 4.63. The van der Waals surface area contributed by atoms with E-state index in [9.17, 15) is 4.79 Å². The van der Waals surface area contributed by atoms with E-state index in [0.717, 1.165) is 5.56 Å². The number of amides is 1. The van der Waals surface area contributed by atoms with E-state index < -0.39 is 6.09 Å². The minimum atomic E-state index is -0.597. The van der Waals surface area contributed by atoms with Gasteiger partial charge in [0.15, 0.2) is 12.3 Å². The molecule has 138 valence electrons. The van der Waals surface area contributed by atoms with Crippen molar-refractivity contribution in [1.82, 2.24) is 25.2 Å². The quantitative estimate of drug-likeness (QED) is 0.521. The fraction of sp³-hybridized carbons (Fsp3) is 0.176. The maximum Gasteiger partial charge on any atom is 0.412 e. The molecule has 0 radical (unpaired) electrons. The summed E-state index contributed by atoms with van der Waals surface area (Å²) in [6.45, 7) is 0.0955. The lowest BCUT2D eigenvalue weighted by molar-refractivity contribution is 0.128. The molecule has 1 aromatic carbocycles. The highest BCUT2D eigenvalue weighted by Crippen LogP contribution is 2.10. The number of rotatable bonds is 6. The number of aromatic nitrogens is 5. The standard InChI is InChI=1S/C17H17N7O3/c1-24-16(20-22-23-24)15(12-7-4-3-5-8-12)21-27-11-13-9-6-10-14(18-13)19-17(25)26-2/h3-10H,11H2,1-2H3,(H,18,19,25). The number of ether oxygens (including phenoxy) is 1. The first-order chi connectivity index (χ1) is 13.2. The molecule has 27 heavy (non-hydrogen) atoms. The number of carbonyl (C=O) groups excluding carboxylic acids is 1. The van der Waals surface area contributed by atoms with Crippen LogP contribution in [0.5, 0.6) is 0 Å². The van der Waals surface area contributed by atoms with Crippen LogP contribution < -0.4 is 5.32 Å². The summed E-state index contributed by atoms with van der Waals surface area (Å²) in [5, 5.41) is 18.2. The average molecular weight is 367 g/mol. The smallest absolute Gasteiger partial charge is 0.412 e. The molecule has 0 bridgehead atoms. The van der Waals surface area contributed by atoms with Crippen LogP contribution in [-0.2, 0) is 23.2 Å². The topological polar surface area (TPSA) is 116 Å². The lowest BCUT2D eigenvalue weighted by atomic mass is 10.1. The summed E-state index contributed by atoms with van der Waals surface area (Å²) in [7, 11) is 3.00. The molecule has 0 spiro atoms. The van der Waals surface area contributed by atoms with Gasteiger partial charge in [0, 0.05) is 12.6 Å². The van der Waals surface area contributed by atoms with Crippen LogP contribution in [0.2, 0.25) is 0 Å². The van der Waals surface area contributed by atoms with Gasteiger partial charge in [-0.2, -0.15) is 0 Å². The first-order valence-electron chi connectivity index (χ1n) is 7.96. The number of pyridine rings is 1. The molecule has 10 nitrogen and oxygen atoms in total. The van der Waals surface area contributed by atoms with Crippen LogP contribution in [0.15, 0.2) is 53.7 Å². The molecule has 2 aromatic heterocycles. The number of aryl methyl sites for hydroxylation is 1. The van der Waals surface area contributed by atoms with Crippen molar-refractivity contribution in [3.05, 3.63) is 65.6 Å². The molecule has 0 saturated heterocycles. The number of nitrogens with one attached hydrogen (secondary N) is 1. The molecule has 10 heteroatoms. The van der Waals surface area contributed by atoms with Crippen LogP contribution in [0.1, 0.15) is 17.1 Å². The van der Waals surface area contributed by atoms with Crippen LogP contribution in [0.25, 0.3) is 0 Å². The second-order valence-corrected chi connectivity index (χ2v) is 5.34. The van der Waals surface area contributed by atoms with Crippen molar-refractivity contribution >= 4 is 17.6 Å².